The van der Waals surface area contributed by atoms with E-state index in [1.54, 1.807) is 0 Å². The molecule has 1 amide bonds. The van der Waals surface area contributed by atoms with Crippen LogP contribution in [0.1, 0.15) is 24.0 Å². The van der Waals surface area contributed by atoms with E-state index < -0.39 is 0 Å². The van der Waals surface area contributed by atoms with Crippen LogP contribution in [0.25, 0.3) is 0 Å². The molecule has 1 fully saturated rings. The van der Waals surface area contributed by atoms with Gasteiger partial charge in [-0.3, -0.25) is 4.79 Å². The lowest BCUT2D eigenvalue weighted by atomic mass is 10.1. The molecule has 3 nitrogen and oxygen atoms in total. The minimum atomic E-state index is 0.0903. The highest BCUT2D eigenvalue weighted by Crippen LogP contribution is 2.26. The Kier molecular flexibility index (Phi) is 4.27. The van der Waals surface area contributed by atoms with Crippen molar-refractivity contribution in [2.45, 2.75) is 26.7 Å². The molecule has 1 aromatic carbocycles. The van der Waals surface area contributed by atoms with Gasteiger partial charge in [0.2, 0.25) is 0 Å². The maximum Gasteiger partial charge on any atom is 0.260 e. The smallest absolute Gasteiger partial charge is 0.260 e. The summed E-state index contributed by atoms with van der Waals surface area (Å²) in [6.07, 6.45) is 2.23. The van der Waals surface area contributed by atoms with E-state index in [9.17, 15) is 4.79 Å². The molecule has 2 rings (SSSR count). The van der Waals surface area contributed by atoms with Crippen molar-refractivity contribution in [1.29, 1.82) is 0 Å². The summed E-state index contributed by atoms with van der Waals surface area (Å²) < 4.78 is 6.70. The summed E-state index contributed by atoms with van der Waals surface area (Å²) in [4.78, 5) is 13.7. The Morgan fingerprint density at radius 2 is 1.94 bits per heavy atom. The van der Waals surface area contributed by atoms with Crippen molar-refractivity contribution in [3.8, 4) is 5.75 Å². The van der Waals surface area contributed by atoms with Gasteiger partial charge >= 0.3 is 0 Å². The Hall–Kier alpha value is -1.03. The Morgan fingerprint density at radius 3 is 2.61 bits per heavy atom. The van der Waals surface area contributed by atoms with E-state index in [1.165, 1.54) is 0 Å². The van der Waals surface area contributed by atoms with Crippen LogP contribution in [0.4, 0.5) is 0 Å². The molecule has 0 atom stereocenters. The second-order valence-electron chi connectivity index (χ2n) is 4.74. The van der Waals surface area contributed by atoms with Gasteiger partial charge in [-0.15, -0.1) is 0 Å². The fourth-order valence-corrected chi connectivity index (χ4v) is 2.57. The summed E-state index contributed by atoms with van der Waals surface area (Å²) >= 11 is 3.48. The van der Waals surface area contributed by atoms with Crippen LogP contribution in [-0.2, 0) is 4.79 Å². The van der Waals surface area contributed by atoms with Gasteiger partial charge in [0.15, 0.2) is 6.61 Å². The number of halogens is 1. The quantitative estimate of drug-likeness (QED) is 0.858. The highest BCUT2D eigenvalue weighted by atomic mass is 79.9. The molecule has 18 heavy (non-hydrogen) atoms. The molecular formula is C14H18BrNO2. The van der Waals surface area contributed by atoms with E-state index in [2.05, 4.69) is 15.9 Å². The van der Waals surface area contributed by atoms with Crippen molar-refractivity contribution >= 4 is 21.8 Å². The Bertz CT molecular complexity index is 453. The standard InChI is InChI=1S/C14H18BrNO2/c1-10-8-13(11(2)7-12(10)15)18-9-14(17)16-5-3-4-6-16/h7-8H,3-6,9H2,1-2H3. The number of rotatable bonds is 3. The highest BCUT2D eigenvalue weighted by Gasteiger charge is 2.18. The summed E-state index contributed by atoms with van der Waals surface area (Å²) in [5, 5.41) is 0. The maximum atomic E-state index is 11.9. The molecule has 0 aliphatic carbocycles. The van der Waals surface area contributed by atoms with E-state index in [1.807, 2.05) is 30.9 Å². The molecule has 1 saturated heterocycles. The fourth-order valence-electron chi connectivity index (χ4n) is 2.11. The van der Waals surface area contributed by atoms with E-state index in [0.717, 1.165) is 47.3 Å². The Morgan fingerprint density at radius 1 is 1.28 bits per heavy atom. The highest BCUT2D eigenvalue weighted by molar-refractivity contribution is 9.10. The molecular weight excluding hydrogens is 294 g/mol. The zero-order valence-electron chi connectivity index (χ0n) is 10.8. The molecule has 98 valence electrons. The number of ether oxygens (including phenoxy) is 1. The third-order valence-corrected chi connectivity index (χ3v) is 4.12. The summed E-state index contributed by atoms with van der Waals surface area (Å²) in [5.41, 5.74) is 2.16. The fraction of sp³-hybridized carbons (Fsp3) is 0.500. The minimum Gasteiger partial charge on any atom is -0.483 e. The number of aryl methyl sites for hydroxylation is 2. The topological polar surface area (TPSA) is 29.5 Å². The zero-order valence-corrected chi connectivity index (χ0v) is 12.4. The van der Waals surface area contributed by atoms with Gasteiger partial charge in [0, 0.05) is 17.6 Å². The average Bonchev–Trinajstić information content (AvgIpc) is 2.85. The first-order chi connectivity index (χ1) is 8.58. The second-order valence-corrected chi connectivity index (χ2v) is 5.60. The number of carbonyl (C=O) groups is 1. The summed E-state index contributed by atoms with van der Waals surface area (Å²) in [5.74, 6) is 0.885. The normalized spacial score (nSPS) is 14.9. The van der Waals surface area contributed by atoms with Crippen molar-refractivity contribution < 1.29 is 9.53 Å². The van der Waals surface area contributed by atoms with E-state index >= 15 is 0 Å². The molecule has 1 heterocycles. The SMILES string of the molecule is Cc1cc(OCC(=O)N2CCCC2)c(C)cc1Br. The lowest BCUT2D eigenvalue weighted by Gasteiger charge is -2.16. The minimum absolute atomic E-state index is 0.0903. The lowest BCUT2D eigenvalue weighted by molar-refractivity contribution is -0.132. The van der Waals surface area contributed by atoms with Gasteiger partial charge in [-0.1, -0.05) is 15.9 Å². The van der Waals surface area contributed by atoms with Crippen LogP contribution in [0.3, 0.4) is 0 Å². The van der Waals surface area contributed by atoms with Crippen molar-refractivity contribution in [3.05, 3.63) is 27.7 Å². The molecule has 0 bridgehead atoms. The van der Waals surface area contributed by atoms with Crippen molar-refractivity contribution in [2.24, 2.45) is 0 Å². The number of nitrogens with zero attached hydrogens (tertiary/aromatic N) is 1. The van der Waals surface area contributed by atoms with Crippen LogP contribution >= 0.6 is 15.9 Å². The number of benzene rings is 1. The van der Waals surface area contributed by atoms with Crippen LogP contribution in [0, 0.1) is 13.8 Å². The second kappa shape index (κ2) is 5.74. The molecule has 1 aliphatic rings. The largest absolute Gasteiger partial charge is 0.483 e. The van der Waals surface area contributed by atoms with E-state index in [4.69, 9.17) is 4.74 Å². The first-order valence-corrected chi connectivity index (χ1v) is 7.04. The van der Waals surface area contributed by atoms with Crippen LogP contribution < -0.4 is 4.74 Å². The van der Waals surface area contributed by atoms with Gasteiger partial charge in [-0.05, 0) is 49.9 Å². The van der Waals surface area contributed by atoms with Crippen molar-refractivity contribution in [3.63, 3.8) is 0 Å². The molecule has 1 aliphatic heterocycles. The summed E-state index contributed by atoms with van der Waals surface area (Å²) in [6.45, 7) is 5.89. The lowest BCUT2D eigenvalue weighted by Crippen LogP contribution is -2.32. The van der Waals surface area contributed by atoms with Crippen LogP contribution in [0.5, 0.6) is 5.75 Å². The number of hydrogen-bond acceptors (Lipinski definition) is 2. The Balaban J connectivity index is 1.97. The van der Waals surface area contributed by atoms with Crippen LogP contribution in [0.2, 0.25) is 0 Å². The van der Waals surface area contributed by atoms with Crippen LogP contribution in [-0.4, -0.2) is 30.5 Å². The third kappa shape index (κ3) is 3.05. The Labute approximate surface area is 116 Å². The van der Waals surface area contributed by atoms with Gasteiger partial charge in [0.25, 0.3) is 5.91 Å². The van der Waals surface area contributed by atoms with Gasteiger partial charge < -0.3 is 9.64 Å². The first-order valence-electron chi connectivity index (χ1n) is 6.25. The van der Waals surface area contributed by atoms with E-state index in [0.29, 0.717) is 0 Å². The van der Waals surface area contributed by atoms with Crippen molar-refractivity contribution in [2.75, 3.05) is 19.7 Å². The monoisotopic (exact) mass is 311 g/mol. The molecule has 0 radical (unpaired) electrons. The maximum absolute atomic E-state index is 11.9. The predicted octanol–water partition coefficient (Wildman–Crippen LogP) is 3.07. The number of carbonyl (C=O) groups excluding carboxylic acids is 1. The van der Waals surface area contributed by atoms with Gasteiger partial charge in [-0.25, -0.2) is 0 Å². The molecule has 0 saturated carbocycles. The zero-order chi connectivity index (χ0) is 13.1. The predicted molar refractivity (Wildman–Crippen MR) is 74.9 cm³/mol. The van der Waals surface area contributed by atoms with Gasteiger partial charge in [0.1, 0.15) is 5.75 Å². The van der Waals surface area contributed by atoms with Crippen molar-refractivity contribution in [1.82, 2.24) is 4.90 Å². The van der Waals surface area contributed by atoms with E-state index in [-0.39, 0.29) is 12.5 Å². The molecule has 0 aromatic heterocycles. The molecule has 0 N–H and O–H groups in total. The van der Waals surface area contributed by atoms with Crippen LogP contribution in [0.15, 0.2) is 16.6 Å². The third-order valence-electron chi connectivity index (χ3n) is 3.27. The molecule has 4 heteroatoms. The average molecular weight is 312 g/mol. The number of likely N-dealkylation sites (tertiary alicyclic amines) is 1. The number of hydrogen-bond donors (Lipinski definition) is 0. The first kappa shape index (κ1) is 13.4. The van der Waals surface area contributed by atoms with Gasteiger partial charge in [-0.2, -0.15) is 0 Å². The summed E-state index contributed by atoms with van der Waals surface area (Å²) in [6, 6.07) is 3.99. The molecule has 1 aromatic rings. The summed E-state index contributed by atoms with van der Waals surface area (Å²) in [7, 11) is 0. The van der Waals surface area contributed by atoms with Gasteiger partial charge in [0.05, 0.1) is 0 Å². The molecule has 0 unspecified atom stereocenters. The molecule has 0 spiro atoms. The number of amides is 1.